The Morgan fingerprint density at radius 3 is 2.52 bits per heavy atom. The summed E-state index contributed by atoms with van der Waals surface area (Å²) in [7, 11) is 2.06. The molecule has 10 nitrogen and oxygen atoms in total. The number of carboxylic acids is 1. The van der Waals surface area contributed by atoms with Gasteiger partial charge in [-0.2, -0.15) is 5.10 Å². The Bertz CT molecular complexity index is 1740. The molecule has 0 radical (unpaired) electrons. The first-order valence-electron chi connectivity index (χ1n) is 20.9. The van der Waals surface area contributed by atoms with Crippen LogP contribution in [0.4, 0.5) is 0 Å². The van der Waals surface area contributed by atoms with E-state index in [0.29, 0.717) is 50.8 Å². The second-order valence-corrected chi connectivity index (χ2v) is 19.8. The molecule has 3 saturated carbocycles. The highest BCUT2D eigenvalue weighted by atomic mass is 16.5. The third kappa shape index (κ3) is 5.38. The molecular weight excluding hydrogens is 679 g/mol. The molecule has 4 heterocycles. The summed E-state index contributed by atoms with van der Waals surface area (Å²) in [6.45, 7) is 19.6. The number of ether oxygens (including phenoxy) is 3. The van der Waals surface area contributed by atoms with Crippen LogP contribution >= 0.6 is 0 Å². The van der Waals surface area contributed by atoms with Crippen LogP contribution in [0, 0.1) is 56.7 Å². The summed E-state index contributed by atoms with van der Waals surface area (Å²) in [5.41, 5.74) is 0.854. The number of carbonyl (C=O) groups is 1. The third-order valence-corrected chi connectivity index (χ3v) is 17.3. The van der Waals surface area contributed by atoms with Crippen LogP contribution in [-0.4, -0.2) is 82.5 Å². The molecule has 5 fully saturated rings. The van der Waals surface area contributed by atoms with E-state index in [1.54, 1.807) is 12.5 Å². The minimum absolute atomic E-state index is 0.0873. The van der Waals surface area contributed by atoms with Gasteiger partial charge in [-0.1, -0.05) is 60.1 Å². The van der Waals surface area contributed by atoms with Crippen molar-refractivity contribution in [3.63, 3.8) is 0 Å². The van der Waals surface area contributed by atoms with Gasteiger partial charge in [0.2, 0.25) is 0 Å². The van der Waals surface area contributed by atoms with Crippen molar-refractivity contribution in [1.29, 1.82) is 0 Å². The number of aromatic nitrogens is 4. The van der Waals surface area contributed by atoms with Crippen molar-refractivity contribution in [2.45, 2.75) is 118 Å². The van der Waals surface area contributed by atoms with Gasteiger partial charge < -0.3 is 24.6 Å². The van der Waals surface area contributed by atoms with E-state index < -0.39 is 22.7 Å². The molecule has 2 N–H and O–H groups in total. The lowest BCUT2D eigenvalue weighted by Gasteiger charge is -2.71. The number of fused-ring (bicyclic) bond motifs is 3. The number of likely N-dealkylation sites (N-methyl/N-ethyl adjacent to an activating group) is 1. The summed E-state index contributed by atoms with van der Waals surface area (Å²) in [5, 5.41) is 19.9. The van der Waals surface area contributed by atoms with Gasteiger partial charge in [0.25, 0.3) is 0 Å². The van der Waals surface area contributed by atoms with Crippen molar-refractivity contribution in [2.24, 2.45) is 56.7 Å². The Labute approximate surface area is 322 Å². The quantitative estimate of drug-likeness (QED) is 0.250. The number of aliphatic carboxylic acids is 1. The molecule has 4 aliphatic carbocycles. The lowest BCUT2D eigenvalue weighted by Crippen LogP contribution is -2.70. The lowest BCUT2D eigenvalue weighted by molar-refractivity contribution is -0.255. The van der Waals surface area contributed by atoms with E-state index in [1.807, 2.05) is 12.3 Å². The molecule has 0 aromatic carbocycles. The number of carboxylic acid groups (broad SMARTS) is 1. The van der Waals surface area contributed by atoms with Gasteiger partial charge in [-0.25, -0.2) is 9.67 Å². The van der Waals surface area contributed by atoms with E-state index in [2.05, 4.69) is 82.6 Å². The fourth-order valence-corrected chi connectivity index (χ4v) is 13.8. The van der Waals surface area contributed by atoms with Gasteiger partial charge in [0, 0.05) is 42.1 Å². The number of nitrogens with zero attached hydrogens (tertiary/aromatic N) is 4. The molecule has 296 valence electrons. The van der Waals surface area contributed by atoms with Gasteiger partial charge in [-0.05, 0) is 116 Å². The maximum atomic E-state index is 13.7. The predicted molar refractivity (Wildman–Crippen MR) is 207 cm³/mol. The number of pyridine rings is 1. The fourth-order valence-electron chi connectivity index (χ4n) is 13.8. The predicted octanol–water partition coefficient (Wildman–Crippen LogP) is 7.62. The zero-order chi connectivity index (χ0) is 38.3. The molecule has 0 spiro atoms. The van der Waals surface area contributed by atoms with E-state index in [4.69, 9.17) is 24.3 Å². The zero-order valence-electron chi connectivity index (χ0n) is 34.1. The van der Waals surface area contributed by atoms with E-state index in [1.165, 1.54) is 5.57 Å². The molecule has 2 aromatic heterocycles. The monoisotopic (exact) mass is 743 g/mol. The Kier molecular flexibility index (Phi) is 9.54. The maximum Gasteiger partial charge on any atom is 0.307 e. The number of hydrogen-bond acceptors (Lipinski definition) is 8. The van der Waals surface area contributed by atoms with Crippen LogP contribution in [0.5, 0.6) is 0 Å². The molecule has 6 aliphatic rings. The molecule has 8 rings (SSSR count). The maximum absolute atomic E-state index is 13.7. The highest BCUT2D eigenvalue weighted by Gasteiger charge is 2.73. The van der Waals surface area contributed by atoms with Crippen molar-refractivity contribution >= 4 is 5.97 Å². The number of nitrogens with one attached hydrogen (secondary N) is 1. The number of allylic oxidation sites excluding steroid dienone is 1. The van der Waals surface area contributed by atoms with Gasteiger partial charge in [-0.15, -0.1) is 0 Å². The summed E-state index contributed by atoms with van der Waals surface area (Å²) < 4.78 is 22.4. The summed E-state index contributed by atoms with van der Waals surface area (Å²) in [5.74, 6) is 1.06. The second kappa shape index (κ2) is 13.5. The smallest absolute Gasteiger partial charge is 0.307 e. The van der Waals surface area contributed by atoms with Crippen molar-refractivity contribution in [1.82, 2.24) is 25.1 Å². The molecule has 54 heavy (non-hydrogen) atoms. The molecular formula is C44H65N5O5. The molecule has 11 atom stereocenters. The average Bonchev–Trinajstić information content (AvgIpc) is 3.65. The summed E-state index contributed by atoms with van der Waals surface area (Å²) >= 11 is 0. The van der Waals surface area contributed by atoms with Crippen LogP contribution in [-0.2, 0) is 19.0 Å². The first-order chi connectivity index (χ1) is 25.7. The third-order valence-electron chi connectivity index (χ3n) is 17.3. The van der Waals surface area contributed by atoms with E-state index in [-0.39, 0.29) is 39.8 Å². The average molecular weight is 744 g/mol. The first kappa shape index (κ1) is 38.2. The van der Waals surface area contributed by atoms with Crippen molar-refractivity contribution in [3.05, 3.63) is 42.5 Å². The molecule has 2 bridgehead atoms. The second-order valence-electron chi connectivity index (χ2n) is 19.8. The molecule has 10 heteroatoms. The molecule has 0 unspecified atom stereocenters. The Morgan fingerprint density at radius 2 is 1.83 bits per heavy atom. The molecule has 2 aromatic rings. The Hall–Kier alpha value is -2.66. The topological polar surface area (TPSA) is 121 Å². The van der Waals surface area contributed by atoms with Crippen LogP contribution in [0.15, 0.2) is 42.5 Å². The van der Waals surface area contributed by atoms with Gasteiger partial charge in [0.1, 0.15) is 6.33 Å². The summed E-state index contributed by atoms with van der Waals surface area (Å²) in [6.07, 6.45) is 15.2. The van der Waals surface area contributed by atoms with Gasteiger partial charge in [0.05, 0.1) is 37.9 Å². The van der Waals surface area contributed by atoms with Gasteiger partial charge in [0.15, 0.2) is 5.82 Å². The largest absolute Gasteiger partial charge is 0.481 e. The summed E-state index contributed by atoms with van der Waals surface area (Å²) in [6, 6.07) is 3.94. The molecule has 2 aliphatic heterocycles. The van der Waals surface area contributed by atoms with E-state index in [0.717, 1.165) is 62.8 Å². The van der Waals surface area contributed by atoms with Crippen LogP contribution in [0.25, 0.3) is 11.4 Å². The van der Waals surface area contributed by atoms with Gasteiger partial charge in [-0.3, -0.25) is 9.78 Å². The SMILES string of the molecule is CNC1(CO[C@H]2[C@H](n3ncnc3-c3cccnc3)C[C@]3(C)COC[C@@]24C2=CC[C@@]5(C)[C@H](C(=O)O)[C@@](C)([C@H](C)C(C)C)CC[C@]5(C)[C@H]2CC[C@H]34)CCOCC1. The highest BCUT2D eigenvalue weighted by molar-refractivity contribution is 5.73. The van der Waals surface area contributed by atoms with Crippen molar-refractivity contribution < 1.29 is 24.1 Å². The van der Waals surface area contributed by atoms with Crippen LogP contribution in [0.3, 0.4) is 0 Å². The Balaban J connectivity index is 1.28. The minimum Gasteiger partial charge on any atom is -0.481 e. The molecule has 0 amide bonds. The van der Waals surface area contributed by atoms with Gasteiger partial charge >= 0.3 is 5.97 Å². The minimum atomic E-state index is -0.627. The highest BCUT2D eigenvalue weighted by Crippen LogP contribution is 2.75. The van der Waals surface area contributed by atoms with Crippen molar-refractivity contribution in [3.8, 4) is 11.4 Å². The number of rotatable bonds is 9. The number of hydrogen-bond donors (Lipinski definition) is 2. The summed E-state index contributed by atoms with van der Waals surface area (Å²) in [4.78, 5) is 23.0. The first-order valence-corrected chi connectivity index (χ1v) is 20.9. The van der Waals surface area contributed by atoms with Crippen LogP contribution in [0.2, 0.25) is 0 Å². The normalized spacial score (nSPS) is 41.9. The lowest BCUT2D eigenvalue weighted by atomic mass is 9.34. The van der Waals surface area contributed by atoms with Crippen molar-refractivity contribution in [2.75, 3.05) is 40.1 Å². The van der Waals surface area contributed by atoms with Crippen LogP contribution < -0.4 is 5.32 Å². The fraction of sp³-hybridized carbons (Fsp3) is 0.773. The standard InChI is InChI=1S/C44H65N5O5/c1-28(2)29(3)40(5)15-16-41(6)31-11-12-34-39(4)22-33(49-37(47-27-48-49)30-10-9-19-46-23-30)36(54-25-43(45-8)17-20-52-21-18-43)44(34,26-53-24-39)32(31)13-14-42(41,7)35(40)38(50)51/h9-10,13,19,23,27-29,31,33-36,45H,11-12,14-18,20-22,24-26H2,1-8H3,(H,50,51)/t29-,31+,33-,34-,35-,36+,39-,40-,41-,42+,44+/m1/s1. The zero-order valence-corrected chi connectivity index (χ0v) is 34.1. The van der Waals surface area contributed by atoms with E-state index >= 15 is 0 Å². The Morgan fingerprint density at radius 1 is 1.06 bits per heavy atom. The van der Waals surface area contributed by atoms with Crippen LogP contribution in [0.1, 0.15) is 106 Å². The van der Waals surface area contributed by atoms with E-state index in [9.17, 15) is 9.90 Å². The molecule has 2 saturated heterocycles.